The van der Waals surface area contributed by atoms with Crippen molar-refractivity contribution in [1.82, 2.24) is 20.0 Å². The maximum Gasteiger partial charge on any atom is 0.126 e. The van der Waals surface area contributed by atoms with Crippen molar-refractivity contribution >= 4 is 28.7 Å². The van der Waals surface area contributed by atoms with E-state index < -0.39 is 11.6 Å². The molecular formula is C22H21F2N5O. The van der Waals surface area contributed by atoms with Crippen molar-refractivity contribution in [1.29, 1.82) is 0 Å². The lowest BCUT2D eigenvalue weighted by molar-refractivity contribution is 0.269. The Morgan fingerprint density at radius 2 is 1.97 bits per heavy atom. The number of hydrogen-bond acceptors (Lipinski definition) is 4. The topological polar surface area (TPSA) is 78.8 Å². The molecule has 2 aromatic heterocycles. The number of H-pyrrole nitrogens is 1. The molecule has 0 saturated carbocycles. The molecule has 0 aliphatic carbocycles. The van der Waals surface area contributed by atoms with Crippen LogP contribution in [0, 0.1) is 11.6 Å². The van der Waals surface area contributed by atoms with Gasteiger partial charge < -0.3 is 10.4 Å². The van der Waals surface area contributed by atoms with E-state index in [9.17, 15) is 8.78 Å². The van der Waals surface area contributed by atoms with E-state index in [2.05, 4.69) is 20.6 Å². The minimum atomic E-state index is -0.598. The maximum absolute atomic E-state index is 13.5. The molecule has 0 aliphatic heterocycles. The Morgan fingerprint density at radius 1 is 1.17 bits per heavy atom. The molecule has 3 N–H and O–H groups in total. The zero-order valence-corrected chi connectivity index (χ0v) is 16.3. The monoisotopic (exact) mass is 409 g/mol. The highest BCUT2D eigenvalue weighted by Gasteiger charge is 2.10. The van der Waals surface area contributed by atoms with E-state index in [1.165, 1.54) is 12.1 Å². The molecule has 2 aromatic carbocycles. The Labute approximate surface area is 171 Å². The summed E-state index contributed by atoms with van der Waals surface area (Å²) in [5, 5.41) is 24.7. The summed E-state index contributed by atoms with van der Waals surface area (Å²) >= 11 is 0. The highest BCUT2D eigenvalue weighted by molar-refractivity contribution is 5.91. The Balaban J connectivity index is 1.55. The summed E-state index contributed by atoms with van der Waals surface area (Å²) in [6, 6.07) is 8.96. The van der Waals surface area contributed by atoms with Crippen LogP contribution in [-0.2, 0) is 6.54 Å². The summed E-state index contributed by atoms with van der Waals surface area (Å²) in [4.78, 5) is 0. The number of fused-ring (bicyclic) bond motifs is 1. The lowest BCUT2D eigenvalue weighted by atomic mass is 10.1. The number of aromatic amines is 1. The first-order valence-electron chi connectivity index (χ1n) is 9.54. The Morgan fingerprint density at radius 3 is 2.73 bits per heavy atom. The fraction of sp³-hybridized carbons (Fsp3) is 0.182. The van der Waals surface area contributed by atoms with Crippen LogP contribution in [0.15, 0.2) is 48.8 Å². The largest absolute Gasteiger partial charge is 0.394 e. The Kier molecular flexibility index (Phi) is 5.58. The van der Waals surface area contributed by atoms with Crippen LogP contribution in [0.4, 0.5) is 14.5 Å². The Bertz CT molecular complexity index is 1180. The second-order valence-corrected chi connectivity index (χ2v) is 7.03. The van der Waals surface area contributed by atoms with Gasteiger partial charge >= 0.3 is 0 Å². The molecule has 4 rings (SSSR count). The molecule has 6 nitrogen and oxygen atoms in total. The third kappa shape index (κ3) is 4.38. The van der Waals surface area contributed by atoms with Gasteiger partial charge in [0.15, 0.2) is 0 Å². The molecule has 1 unspecified atom stereocenters. The van der Waals surface area contributed by atoms with Gasteiger partial charge in [-0.25, -0.2) is 8.78 Å². The van der Waals surface area contributed by atoms with Gasteiger partial charge in [0.2, 0.25) is 0 Å². The molecule has 0 bridgehead atoms. The molecule has 0 aliphatic rings. The molecule has 0 fully saturated rings. The molecule has 4 aromatic rings. The molecular weight excluding hydrogens is 388 g/mol. The third-order valence-electron chi connectivity index (χ3n) is 4.78. The van der Waals surface area contributed by atoms with Crippen molar-refractivity contribution in [2.75, 3.05) is 11.9 Å². The number of benzene rings is 2. The molecule has 2 heterocycles. The smallest absolute Gasteiger partial charge is 0.126 e. The summed E-state index contributed by atoms with van der Waals surface area (Å²) in [5.41, 5.74) is 3.87. The number of halogens is 2. The van der Waals surface area contributed by atoms with Crippen LogP contribution in [0.25, 0.3) is 23.1 Å². The predicted octanol–water partition coefficient (Wildman–Crippen LogP) is 4.37. The van der Waals surface area contributed by atoms with Crippen molar-refractivity contribution in [3.63, 3.8) is 0 Å². The van der Waals surface area contributed by atoms with Gasteiger partial charge in [0.05, 0.1) is 30.6 Å². The Hall–Kier alpha value is -3.52. The lowest BCUT2D eigenvalue weighted by Crippen LogP contribution is -2.07. The number of aliphatic hydroxyl groups excluding tert-OH is 1. The average Bonchev–Trinajstić information content (AvgIpc) is 3.32. The van der Waals surface area contributed by atoms with Gasteiger partial charge in [-0.2, -0.15) is 10.2 Å². The minimum Gasteiger partial charge on any atom is -0.394 e. The van der Waals surface area contributed by atoms with E-state index in [-0.39, 0.29) is 12.6 Å². The van der Waals surface area contributed by atoms with E-state index >= 15 is 0 Å². The molecule has 0 spiro atoms. The van der Waals surface area contributed by atoms with Crippen LogP contribution in [0.3, 0.4) is 0 Å². The number of aromatic nitrogens is 4. The normalized spacial score (nSPS) is 12.7. The van der Waals surface area contributed by atoms with Gasteiger partial charge in [0, 0.05) is 34.9 Å². The van der Waals surface area contributed by atoms with Gasteiger partial charge in [-0.15, -0.1) is 0 Å². The van der Waals surface area contributed by atoms with Crippen LogP contribution in [0.5, 0.6) is 0 Å². The first-order chi connectivity index (χ1) is 14.5. The van der Waals surface area contributed by atoms with Gasteiger partial charge in [-0.05, 0) is 55.0 Å². The summed E-state index contributed by atoms with van der Waals surface area (Å²) in [6.07, 6.45) is 7.34. The first-order valence-corrected chi connectivity index (χ1v) is 9.54. The molecule has 8 heteroatoms. The van der Waals surface area contributed by atoms with Crippen LogP contribution < -0.4 is 5.32 Å². The predicted molar refractivity (Wildman–Crippen MR) is 113 cm³/mol. The number of nitrogens with one attached hydrogen (secondary N) is 2. The van der Waals surface area contributed by atoms with E-state index in [0.717, 1.165) is 33.9 Å². The molecule has 154 valence electrons. The van der Waals surface area contributed by atoms with Crippen molar-refractivity contribution in [3.8, 4) is 0 Å². The van der Waals surface area contributed by atoms with E-state index in [4.69, 9.17) is 5.11 Å². The maximum atomic E-state index is 13.5. The zero-order valence-electron chi connectivity index (χ0n) is 16.3. The lowest BCUT2D eigenvalue weighted by Gasteiger charge is -2.16. The average molecular weight is 409 g/mol. The van der Waals surface area contributed by atoms with Crippen LogP contribution in [-0.4, -0.2) is 31.7 Å². The highest BCUT2D eigenvalue weighted by atomic mass is 19.1. The number of aliphatic hydroxyl groups is 1. The molecule has 1 atom stereocenters. The van der Waals surface area contributed by atoms with Crippen molar-refractivity contribution in [2.24, 2.45) is 0 Å². The molecule has 0 amide bonds. The van der Waals surface area contributed by atoms with Gasteiger partial charge in [-0.1, -0.05) is 0 Å². The number of anilines is 1. The van der Waals surface area contributed by atoms with Gasteiger partial charge in [0.25, 0.3) is 0 Å². The molecule has 30 heavy (non-hydrogen) atoms. The SMILES string of the molecule is CC(Nc1ccc2[nH]nc(C=Cc3cnn(CCO)c3)c2c1)c1cc(F)cc(F)c1. The highest BCUT2D eigenvalue weighted by Crippen LogP contribution is 2.26. The quantitative estimate of drug-likeness (QED) is 0.423. The second-order valence-electron chi connectivity index (χ2n) is 7.03. The molecule has 0 radical (unpaired) electrons. The fourth-order valence-corrected chi connectivity index (χ4v) is 3.28. The van der Waals surface area contributed by atoms with Crippen molar-refractivity contribution in [3.05, 3.63) is 77.2 Å². The number of hydrogen-bond donors (Lipinski definition) is 3. The van der Waals surface area contributed by atoms with Crippen molar-refractivity contribution in [2.45, 2.75) is 19.5 Å². The summed E-state index contributed by atoms with van der Waals surface area (Å²) in [5.74, 6) is -1.20. The van der Waals surface area contributed by atoms with Gasteiger partial charge in [0.1, 0.15) is 11.6 Å². The van der Waals surface area contributed by atoms with E-state index in [0.29, 0.717) is 12.1 Å². The van der Waals surface area contributed by atoms with Crippen LogP contribution in [0.2, 0.25) is 0 Å². The standard InChI is InChI=1S/C22H21F2N5O/c1-14(16-8-17(23)10-18(24)9-16)26-19-3-5-22-20(11-19)21(27-28-22)4-2-15-12-25-29(13-15)6-7-30/h2-5,8-14,26,30H,6-7H2,1H3,(H,27,28). The fourth-order valence-electron chi connectivity index (χ4n) is 3.28. The van der Waals surface area contributed by atoms with Crippen LogP contribution in [0.1, 0.15) is 29.8 Å². The molecule has 0 saturated heterocycles. The van der Waals surface area contributed by atoms with Crippen molar-refractivity contribution < 1.29 is 13.9 Å². The van der Waals surface area contributed by atoms with Gasteiger partial charge in [-0.3, -0.25) is 9.78 Å². The number of rotatable bonds is 7. The summed E-state index contributed by atoms with van der Waals surface area (Å²) in [6.45, 7) is 2.32. The number of nitrogens with zero attached hydrogens (tertiary/aromatic N) is 3. The second kappa shape index (κ2) is 8.46. The van der Waals surface area contributed by atoms with E-state index in [1.54, 1.807) is 10.9 Å². The third-order valence-corrected chi connectivity index (χ3v) is 4.78. The minimum absolute atomic E-state index is 0.0330. The first kappa shape index (κ1) is 19.8. The zero-order chi connectivity index (χ0) is 21.1. The van der Waals surface area contributed by atoms with Crippen LogP contribution >= 0.6 is 0 Å². The summed E-state index contributed by atoms with van der Waals surface area (Å²) in [7, 11) is 0. The summed E-state index contributed by atoms with van der Waals surface area (Å²) < 4.78 is 28.7. The van der Waals surface area contributed by atoms with E-state index in [1.807, 2.05) is 43.5 Å².